The predicted octanol–water partition coefficient (Wildman–Crippen LogP) is 3.81. The van der Waals surface area contributed by atoms with Crippen LogP contribution < -0.4 is 10.6 Å². The van der Waals surface area contributed by atoms with Gasteiger partial charge in [0.05, 0.1) is 23.3 Å². The number of aromatic nitrogens is 4. The van der Waals surface area contributed by atoms with Crippen LogP contribution in [0.1, 0.15) is 40.4 Å². The van der Waals surface area contributed by atoms with Crippen molar-refractivity contribution in [1.29, 1.82) is 0 Å². The lowest BCUT2D eigenvalue weighted by atomic mass is 10.0. The van der Waals surface area contributed by atoms with E-state index in [-0.39, 0.29) is 5.91 Å². The van der Waals surface area contributed by atoms with Crippen molar-refractivity contribution >= 4 is 22.6 Å². The lowest BCUT2D eigenvalue weighted by Crippen LogP contribution is -2.29. The maximum Gasteiger partial charge on any atom is 0.260 e. The highest BCUT2D eigenvalue weighted by Gasteiger charge is 2.18. The number of aromatic amines is 1. The number of nitrogens with one attached hydrogen (secondary N) is 3. The number of H-pyrrole nitrogens is 1. The molecule has 3 heterocycles. The van der Waals surface area contributed by atoms with Gasteiger partial charge in [0.2, 0.25) is 0 Å². The highest BCUT2D eigenvalue weighted by molar-refractivity contribution is 6.07. The number of amides is 1. The summed E-state index contributed by atoms with van der Waals surface area (Å²) in [6, 6.07) is 9.31. The molecule has 0 spiro atoms. The molecule has 0 unspecified atom stereocenters. The molecule has 1 aliphatic heterocycles. The van der Waals surface area contributed by atoms with Crippen molar-refractivity contribution in [3.05, 3.63) is 77.1 Å². The standard InChI is InChI=1S/C23H22F2N6O/c24-17-8-15(9-18(25)11-17)7-14-1-2-21-20(10-14)22(30-29-21)28-23(32)16-12-27-31(13-16)19-3-5-26-6-4-19/h1-2,8-13,19,26H,3-7H2,(H2,28,29,30,32). The van der Waals surface area contributed by atoms with E-state index >= 15 is 0 Å². The third kappa shape index (κ3) is 4.24. The Balaban J connectivity index is 1.34. The summed E-state index contributed by atoms with van der Waals surface area (Å²) in [5.41, 5.74) is 2.59. The van der Waals surface area contributed by atoms with Crippen molar-refractivity contribution in [3.63, 3.8) is 0 Å². The molecular formula is C23H22F2N6O. The van der Waals surface area contributed by atoms with Gasteiger partial charge in [-0.05, 0) is 67.7 Å². The summed E-state index contributed by atoms with van der Waals surface area (Å²) in [4.78, 5) is 12.8. The summed E-state index contributed by atoms with van der Waals surface area (Å²) in [5, 5.41) is 18.4. The number of anilines is 1. The van der Waals surface area contributed by atoms with Crippen molar-refractivity contribution in [2.24, 2.45) is 0 Å². The maximum atomic E-state index is 13.5. The van der Waals surface area contributed by atoms with Gasteiger partial charge in [0.1, 0.15) is 11.6 Å². The predicted molar refractivity (Wildman–Crippen MR) is 117 cm³/mol. The number of halogens is 2. The van der Waals surface area contributed by atoms with E-state index in [1.165, 1.54) is 12.1 Å². The second kappa shape index (κ2) is 8.51. The number of piperidine rings is 1. The summed E-state index contributed by atoms with van der Waals surface area (Å²) in [7, 11) is 0. The van der Waals surface area contributed by atoms with E-state index in [9.17, 15) is 13.6 Å². The van der Waals surface area contributed by atoms with Gasteiger partial charge in [-0.2, -0.15) is 10.2 Å². The van der Waals surface area contributed by atoms with Crippen LogP contribution in [-0.2, 0) is 6.42 Å². The Kier molecular flexibility index (Phi) is 5.40. The largest absolute Gasteiger partial charge is 0.317 e. The molecule has 1 fully saturated rings. The van der Waals surface area contributed by atoms with E-state index in [1.807, 2.05) is 22.9 Å². The van der Waals surface area contributed by atoms with E-state index in [4.69, 9.17) is 0 Å². The first-order valence-corrected chi connectivity index (χ1v) is 10.5. The second-order valence-corrected chi connectivity index (χ2v) is 8.05. The molecule has 1 saturated heterocycles. The smallest absolute Gasteiger partial charge is 0.260 e. The number of benzene rings is 2. The topological polar surface area (TPSA) is 87.6 Å². The number of carbonyl (C=O) groups is 1. The Hall–Kier alpha value is -3.59. The van der Waals surface area contributed by atoms with Crippen LogP contribution in [0.3, 0.4) is 0 Å². The van der Waals surface area contributed by atoms with Crippen LogP contribution in [0.5, 0.6) is 0 Å². The minimum absolute atomic E-state index is 0.291. The molecule has 0 radical (unpaired) electrons. The third-order valence-corrected chi connectivity index (χ3v) is 5.74. The molecule has 2 aromatic heterocycles. The van der Waals surface area contributed by atoms with Crippen molar-refractivity contribution < 1.29 is 13.6 Å². The average molecular weight is 436 g/mol. The van der Waals surface area contributed by atoms with Gasteiger partial charge in [-0.3, -0.25) is 14.6 Å². The number of carbonyl (C=O) groups excluding carboxylic acids is 1. The van der Waals surface area contributed by atoms with Crippen molar-refractivity contribution in [2.75, 3.05) is 18.4 Å². The number of hydrogen-bond acceptors (Lipinski definition) is 4. The Morgan fingerprint density at radius 3 is 2.66 bits per heavy atom. The van der Waals surface area contributed by atoms with E-state index in [0.29, 0.717) is 29.4 Å². The van der Waals surface area contributed by atoms with Crippen LogP contribution in [0.4, 0.5) is 14.6 Å². The lowest BCUT2D eigenvalue weighted by molar-refractivity contribution is 0.102. The first-order chi connectivity index (χ1) is 15.5. The van der Waals surface area contributed by atoms with Gasteiger partial charge in [-0.1, -0.05) is 6.07 Å². The van der Waals surface area contributed by atoms with Crippen LogP contribution >= 0.6 is 0 Å². The second-order valence-electron chi connectivity index (χ2n) is 8.05. The number of rotatable bonds is 5. The monoisotopic (exact) mass is 436 g/mol. The zero-order chi connectivity index (χ0) is 22.1. The zero-order valence-electron chi connectivity index (χ0n) is 17.2. The summed E-state index contributed by atoms with van der Waals surface area (Å²) in [6.07, 6.45) is 5.64. The molecule has 164 valence electrons. The van der Waals surface area contributed by atoms with E-state index in [1.54, 1.807) is 12.4 Å². The van der Waals surface area contributed by atoms with Gasteiger partial charge in [0, 0.05) is 17.6 Å². The molecule has 1 aliphatic rings. The molecular weight excluding hydrogens is 414 g/mol. The molecule has 0 bridgehead atoms. The van der Waals surface area contributed by atoms with Crippen LogP contribution in [0.25, 0.3) is 10.9 Å². The Labute approximate surface area is 182 Å². The molecule has 0 atom stereocenters. The number of hydrogen-bond donors (Lipinski definition) is 3. The Morgan fingerprint density at radius 2 is 1.88 bits per heavy atom. The highest BCUT2D eigenvalue weighted by atomic mass is 19.1. The molecule has 4 aromatic rings. The normalized spacial score (nSPS) is 14.7. The van der Waals surface area contributed by atoms with Crippen molar-refractivity contribution in [3.8, 4) is 0 Å². The van der Waals surface area contributed by atoms with Gasteiger partial charge >= 0.3 is 0 Å². The minimum atomic E-state index is -0.609. The summed E-state index contributed by atoms with van der Waals surface area (Å²) < 4.78 is 28.9. The molecule has 0 saturated carbocycles. The first kappa shape index (κ1) is 20.3. The summed E-state index contributed by atoms with van der Waals surface area (Å²) in [6.45, 7) is 1.88. The molecule has 2 aromatic carbocycles. The minimum Gasteiger partial charge on any atom is -0.317 e. The lowest BCUT2D eigenvalue weighted by Gasteiger charge is -2.22. The quantitative estimate of drug-likeness (QED) is 0.444. The van der Waals surface area contributed by atoms with Crippen LogP contribution in [0.2, 0.25) is 0 Å². The van der Waals surface area contributed by atoms with E-state index < -0.39 is 11.6 Å². The van der Waals surface area contributed by atoms with E-state index in [0.717, 1.165) is 48.5 Å². The average Bonchev–Trinajstić information content (AvgIpc) is 3.42. The summed E-state index contributed by atoms with van der Waals surface area (Å²) in [5.74, 6) is -1.12. The van der Waals surface area contributed by atoms with Crippen LogP contribution in [0.15, 0.2) is 48.8 Å². The molecule has 1 amide bonds. The van der Waals surface area contributed by atoms with E-state index in [2.05, 4.69) is 25.9 Å². The fraction of sp³-hybridized carbons (Fsp3) is 0.261. The third-order valence-electron chi connectivity index (χ3n) is 5.74. The summed E-state index contributed by atoms with van der Waals surface area (Å²) >= 11 is 0. The molecule has 7 nitrogen and oxygen atoms in total. The van der Waals surface area contributed by atoms with Gasteiger partial charge in [0.25, 0.3) is 5.91 Å². The fourth-order valence-corrected chi connectivity index (χ4v) is 4.12. The van der Waals surface area contributed by atoms with Gasteiger partial charge in [-0.15, -0.1) is 0 Å². The Morgan fingerprint density at radius 1 is 1.09 bits per heavy atom. The van der Waals surface area contributed by atoms with Gasteiger partial charge in [0.15, 0.2) is 5.82 Å². The highest BCUT2D eigenvalue weighted by Crippen LogP contribution is 2.24. The first-order valence-electron chi connectivity index (χ1n) is 10.5. The van der Waals surface area contributed by atoms with Crippen LogP contribution in [-0.4, -0.2) is 39.0 Å². The van der Waals surface area contributed by atoms with Crippen molar-refractivity contribution in [1.82, 2.24) is 25.3 Å². The SMILES string of the molecule is O=C(Nc1n[nH]c2ccc(Cc3cc(F)cc(F)c3)cc12)c1cnn(C2CCNCC2)c1. The molecule has 3 N–H and O–H groups in total. The van der Waals surface area contributed by atoms with Crippen LogP contribution in [0, 0.1) is 11.6 Å². The van der Waals surface area contributed by atoms with Crippen molar-refractivity contribution in [2.45, 2.75) is 25.3 Å². The molecule has 5 rings (SSSR count). The molecule has 9 heteroatoms. The molecule has 32 heavy (non-hydrogen) atoms. The number of nitrogens with zero attached hydrogens (tertiary/aromatic N) is 3. The van der Waals surface area contributed by atoms with Gasteiger partial charge in [-0.25, -0.2) is 8.78 Å². The zero-order valence-corrected chi connectivity index (χ0v) is 17.2. The number of fused-ring (bicyclic) bond motifs is 1. The Bertz CT molecular complexity index is 1250. The molecule has 0 aliphatic carbocycles. The fourth-order valence-electron chi connectivity index (χ4n) is 4.12. The van der Waals surface area contributed by atoms with Gasteiger partial charge < -0.3 is 10.6 Å². The maximum absolute atomic E-state index is 13.5.